The Morgan fingerprint density at radius 1 is 1.07 bits per heavy atom. The van der Waals surface area contributed by atoms with Gasteiger partial charge in [-0.05, 0) is 42.8 Å². The van der Waals surface area contributed by atoms with Crippen LogP contribution in [0.1, 0.15) is 11.3 Å². The molecule has 0 aliphatic carbocycles. The monoisotopic (exact) mass is 388 g/mol. The van der Waals surface area contributed by atoms with E-state index in [0.717, 1.165) is 0 Å². The minimum atomic E-state index is -3.94. The smallest absolute Gasteiger partial charge is 0.266 e. The van der Waals surface area contributed by atoms with Crippen LogP contribution in [0.25, 0.3) is 0 Å². The molecule has 0 fully saturated rings. The number of hydrogen-bond donors (Lipinski definition) is 0. The number of ether oxygens (including phenoxy) is 2. The molecule has 0 atom stereocenters. The number of aryl methyl sites for hydroxylation is 1. The summed E-state index contributed by atoms with van der Waals surface area (Å²) in [6, 6.07) is 11.6. The van der Waals surface area contributed by atoms with Crippen LogP contribution in [0, 0.1) is 6.92 Å². The number of benzene rings is 1. The van der Waals surface area contributed by atoms with Crippen molar-refractivity contribution in [1.29, 1.82) is 0 Å². The molecule has 0 radical (unpaired) electrons. The van der Waals surface area contributed by atoms with Crippen LogP contribution in [0.3, 0.4) is 0 Å². The lowest BCUT2D eigenvalue weighted by Crippen LogP contribution is -2.31. The van der Waals surface area contributed by atoms with Crippen LogP contribution >= 0.6 is 0 Å². The third kappa shape index (κ3) is 3.75. The van der Waals surface area contributed by atoms with Gasteiger partial charge >= 0.3 is 0 Å². The fourth-order valence-electron chi connectivity index (χ4n) is 2.69. The van der Waals surface area contributed by atoms with Gasteiger partial charge in [0.1, 0.15) is 11.6 Å². The Labute approximate surface area is 158 Å². The number of furan rings is 1. The molecular weight excluding hydrogens is 368 g/mol. The van der Waals surface area contributed by atoms with Crippen LogP contribution in [-0.4, -0.2) is 27.6 Å². The van der Waals surface area contributed by atoms with E-state index in [9.17, 15) is 8.42 Å². The first kappa shape index (κ1) is 18.8. The lowest BCUT2D eigenvalue weighted by Gasteiger charge is -2.24. The Kier molecular flexibility index (Phi) is 5.36. The van der Waals surface area contributed by atoms with Crippen molar-refractivity contribution in [1.82, 2.24) is 4.98 Å². The Bertz CT molecular complexity index is 1000. The van der Waals surface area contributed by atoms with Crippen LogP contribution < -0.4 is 13.8 Å². The second-order valence-corrected chi connectivity index (χ2v) is 7.58. The molecule has 7 nitrogen and oxygen atoms in total. The molecule has 1 aromatic carbocycles. The van der Waals surface area contributed by atoms with Gasteiger partial charge in [-0.1, -0.05) is 6.07 Å². The van der Waals surface area contributed by atoms with E-state index in [0.29, 0.717) is 28.6 Å². The molecule has 27 heavy (non-hydrogen) atoms. The Balaban J connectivity index is 2.13. The molecule has 3 aromatic rings. The summed E-state index contributed by atoms with van der Waals surface area (Å²) in [5, 5.41) is 0. The van der Waals surface area contributed by atoms with E-state index in [-0.39, 0.29) is 11.4 Å². The zero-order chi connectivity index (χ0) is 19.4. The topological polar surface area (TPSA) is 81.9 Å². The van der Waals surface area contributed by atoms with Gasteiger partial charge in [-0.15, -0.1) is 0 Å². The lowest BCUT2D eigenvalue weighted by molar-refractivity contribution is 0.353. The first-order chi connectivity index (χ1) is 13.0. The third-order valence-electron chi connectivity index (χ3n) is 4.03. The number of aromatic nitrogens is 1. The summed E-state index contributed by atoms with van der Waals surface area (Å²) in [6.07, 6.45) is 3.04. The first-order valence-electron chi connectivity index (χ1n) is 8.16. The van der Waals surface area contributed by atoms with E-state index in [1.165, 1.54) is 30.9 Å². The molecule has 0 unspecified atom stereocenters. The van der Waals surface area contributed by atoms with Gasteiger partial charge in [0.2, 0.25) is 0 Å². The van der Waals surface area contributed by atoms with E-state index in [2.05, 4.69) is 4.98 Å². The molecule has 0 saturated heterocycles. The average molecular weight is 388 g/mol. The van der Waals surface area contributed by atoms with Crippen molar-refractivity contribution in [2.75, 3.05) is 18.5 Å². The highest BCUT2D eigenvalue weighted by atomic mass is 32.2. The lowest BCUT2D eigenvalue weighted by atomic mass is 10.2. The Morgan fingerprint density at radius 2 is 1.81 bits per heavy atom. The normalized spacial score (nSPS) is 11.2. The maximum atomic E-state index is 13.5. The molecule has 142 valence electrons. The van der Waals surface area contributed by atoms with Crippen molar-refractivity contribution in [3.63, 3.8) is 0 Å². The van der Waals surface area contributed by atoms with Gasteiger partial charge in [0, 0.05) is 12.3 Å². The van der Waals surface area contributed by atoms with Gasteiger partial charge in [0.25, 0.3) is 10.0 Å². The zero-order valence-electron chi connectivity index (χ0n) is 15.2. The van der Waals surface area contributed by atoms with Gasteiger partial charge in [-0.2, -0.15) is 0 Å². The van der Waals surface area contributed by atoms with Gasteiger partial charge in [-0.3, -0.25) is 0 Å². The predicted octanol–water partition coefficient (Wildman–Crippen LogP) is 3.40. The number of sulfonamides is 1. The maximum Gasteiger partial charge on any atom is 0.266 e. The summed E-state index contributed by atoms with van der Waals surface area (Å²) < 4.78 is 44.1. The number of anilines is 1. The quantitative estimate of drug-likeness (QED) is 0.617. The molecule has 0 N–H and O–H groups in total. The van der Waals surface area contributed by atoms with Crippen molar-refractivity contribution in [2.45, 2.75) is 18.4 Å². The van der Waals surface area contributed by atoms with Crippen LogP contribution in [0.15, 0.2) is 64.2 Å². The number of rotatable bonds is 7. The van der Waals surface area contributed by atoms with Crippen LogP contribution in [0.4, 0.5) is 5.82 Å². The fourth-order valence-corrected chi connectivity index (χ4v) is 4.30. The van der Waals surface area contributed by atoms with Crippen LogP contribution in [-0.2, 0) is 16.6 Å². The molecule has 3 rings (SSSR count). The summed E-state index contributed by atoms with van der Waals surface area (Å²) in [4.78, 5) is 4.32. The summed E-state index contributed by atoms with van der Waals surface area (Å²) in [7, 11) is -0.979. The third-order valence-corrected chi connectivity index (χ3v) is 5.93. The van der Waals surface area contributed by atoms with Gasteiger partial charge < -0.3 is 13.9 Å². The van der Waals surface area contributed by atoms with Crippen molar-refractivity contribution in [2.24, 2.45) is 0 Å². The van der Waals surface area contributed by atoms with Crippen molar-refractivity contribution in [3.8, 4) is 11.5 Å². The van der Waals surface area contributed by atoms with E-state index in [4.69, 9.17) is 13.9 Å². The molecule has 0 saturated carbocycles. The summed E-state index contributed by atoms with van der Waals surface area (Å²) in [5.74, 6) is 1.59. The molecule has 0 amide bonds. The predicted molar refractivity (Wildman–Crippen MR) is 101 cm³/mol. The van der Waals surface area contributed by atoms with Gasteiger partial charge in [0.05, 0.1) is 31.9 Å². The molecule has 2 heterocycles. The number of nitrogens with zero attached hydrogens (tertiary/aromatic N) is 2. The summed E-state index contributed by atoms with van der Waals surface area (Å²) in [6.45, 7) is 1.72. The van der Waals surface area contributed by atoms with E-state index in [1.807, 2.05) is 0 Å². The minimum absolute atomic E-state index is 0.0140. The molecule has 0 spiro atoms. The van der Waals surface area contributed by atoms with Crippen LogP contribution in [0.2, 0.25) is 0 Å². The maximum absolute atomic E-state index is 13.5. The second-order valence-electron chi connectivity index (χ2n) is 5.75. The van der Waals surface area contributed by atoms with Crippen LogP contribution in [0.5, 0.6) is 11.5 Å². The zero-order valence-corrected chi connectivity index (χ0v) is 16.1. The summed E-state index contributed by atoms with van der Waals surface area (Å²) >= 11 is 0. The molecule has 0 aliphatic heterocycles. The van der Waals surface area contributed by atoms with Gasteiger partial charge in [0.15, 0.2) is 11.5 Å². The Morgan fingerprint density at radius 3 is 2.41 bits per heavy atom. The molecule has 2 aromatic heterocycles. The number of hydrogen-bond acceptors (Lipinski definition) is 6. The van der Waals surface area contributed by atoms with Crippen molar-refractivity contribution in [3.05, 3.63) is 66.2 Å². The highest BCUT2D eigenvalue weighted by Crippen LogP contribution is 2.35. The minimum Gasteiger partial charge on any atom is -0.493 e. The molecule has 0 bridgehead atoms. The molecule has 8 heteroatoms. The summed E-state index contributed by atoms with van der Waals surface area (Å²) in [5.41, 5.74) is 0.535. The highest BCUT2D eigenvalue weighted by Gasteiger charge is 2.29. The number of methoxy groups -OCH3 is 2. The largest absolute Gasteiger partial charge is 0.493 e. The SMILES string of the molecule is COc1cc(C)c(S(=O)(=O)N(Cc2ccco2)c2ccccn2)cc1OC. The Hall–Kier alpha value is -3.00. The molecular formula is C19H20N2O5S. The fraction of sp³-hybridized carbons (Fsp3) is 0.211. The highest BCUT2D eigenvalue weighted by molar-refractivity contribution is 7.92. The van der Waals surface area contributed by atoms with E-state index in [1.54, 1.807) is 49.5 Å². The van der Waals surface area contributed by atoms with Gasteiger partial charge in [-0.25, -0.2) is 17.7 Å². The van der Waals surface area contributed by atoms with E-state index >= 15 is 0 Å². The van der Waals surface area contributed by atoms with Crippen molar-refractivity contribution < 1.29 is 22.3 Å². The standard InChI is InChI=1S/C19H20N2O5S/c1-14-11-16(24-2)17(25-3)12-18(14)27(22,23)21(13-15-7-6-10-26-15)19-8-4-5-9-20-19/h4-12H,13H2,1-3H3. The first-order valence-corrected chi connectivity index (χ1v) is 9.60. The average Bonchev–Trinajstić information content (AvgIpc) is 3.19. The number of pyridine rings is 1. The van der Waals surface area contributed by atoms with E-state index < -0.39 is 10.0 Å². The second kappa shape index (κ2) is 7.71. The van der Waals surface area contributed by atoms with Crippen molar-refractivity contribution >= 4 is 15.8 Å². The molecule has 0 aliphatic rings.